The lowest BCUT2D eigenvalue weighted by atomic mass is 9.89. The average Bonchev–Trinajstić information content (AvgIpc) is 2.67. The second-order valence-corrected chi connectivity index (χ2v) is 7.64. The number of fused-ring (bicyclic) bond motifs is 1. The first kappa shape index (κ1) is 18.0. The van der Waals surface area contributed by atoms with Gasteiger partial charge in [-0.2, -0.15) is 0 Å². The van der Waals surface area contributed by atoms with E-state index in [1.54, 1.807) is 11.9 Å². The molecular weight excluding hydrogens is 312 g/mol. The molecule has 0 saturated heterocycles. The zero-order valence-corrected chi connectivity index (χ0v) is 15.5. The van der Waals surface area contributed by atoms with E-state index in [2.05, 4.69) is 23.5 Å². The zero-order chi connectivity index (χ0) is 17.8. The van der Waals surface area contributed by atoms with E-state index in [1.165, 1.54) is 30.4 Å². The summed E-state index contributed by atoms with van der Waals surface area (Å²) in [5, 5.41) is 2.89. The van der Waals surface area contributed by atoms with Gasteiger partial charge in [0.25, 0.3) is 0 Å². The molecule has 2 aliphatic rings. The number of likely N-dealkylation sites (N-methyl/N-ethyl adjacent to an activating group) is 1. The summed E-state index contributed by atoms with van der Waals surface area (Å²) in [7, 11) is 1.77. The van der Waals surface area contributed by atoms with Crippen LogP contribution in [0.1, 0.15) is 74.6 Å². The summed E-state index contributed by atoms with van der Waals surface area (Å²) >= 11 is 0. The zero-order valence-electron chi connectivity index (χ0n) is 15.5. The van der Waals surface area contributed by atoms with E-state index in [9.17, 15) is 9.59 Å². The molecule has 1 aromatic rings. The van der Waals surface area contributed by atoms with Gasteiger partial charge < -0.3 is 10.2 Å². The Morgan fingerprint density at radius 2 is 1.72 bits per heavy atom. The number of benzene rings is 1. The fourth-order valence-corrected chi connectivity index (χ4v) is 4.16. The first-order chi connectivity index (χ1) is 12.1. The molecule has 1 unspecified atom stereocenters. The second-order valence-electron chi connectivity index (χ2n) is 7.64. The topological polar surface area (TPSA) is 49.4 Å². The molecule has 0 heterocycles. The molecular formula is C21H30N2O2. The predicted octanol–water partition coefficient (Wildman–Crippen LogP) is 3.53. The van der Waals surface area contributed by atoms with Crippen molar-refractivity contribution in [2.45, 2.75) is 76.8 Å². The highest BCUT2D eigenvalue weighted by atomic mass is 16.2. The quantitative estimate of drug-likeness (QED) is 0.854. The summed E-state index contributed by atoms with van der Waals surface area (Å²) in [6, 6.07) is 6.54. The van der Waals surface area contributed by atoms with Crippen LogP contribution in [0.15, 0.2) is 18.2 Å². The summed E-state index contributed by atoms with van der Waals surface area (Å²) in [6.45, 7) is 1.95. The minimum absolute atomic E-state index is 0.150. The molecule has 1 atom stereocenters. The Kier molecular flexibility index (Phi) is 5.77. The molecule has 0 radical (unpaired) electrons. The monoisotopic (exact) mass is 342 g/mol. The number of aryl methyl sites for hydroxylation is 2. The standard InChI is InChI=1S/C21H30N2O2/c1-15(17-13-12-16-8-6-7-9-18(16)14-17)22-20(24)21(25)23(2)19-10-4-3-5-11-19/h12-15,19H,3-11H2,1-2H3,(H,22,24). The van der Waals surface area contributed by atoms with E-state index in [0.717, 1.165) is 44.1 Å². The van der Waals surface area contributed by atoms with Crippen LogP contribution in [0.5, 0.6) is 0 Å². The molecule has 3 rings (SSSR count). The van der Waals surface area contributed by atoms with E-state index in [4.69, 9.17) is 0 Å². The van der Waals surface area contributed by atoms with Gasteiger partial charge in [0.15, 0.2) is 0 Å². The van der Waals surface area contributed by atoms with Crippen LogP contribution in [0.2, 0.25) is 0 Å². The molecule has 25 heavy (non-hydrogen) atoms. The lowest BCUT2D eigenvalue weighted by Gasteiger charge is -2.31. The molecule has 1 saturated carbocycles. The largest absolute Gasteiger partial charge is 0.341 e. The Bertz CT molecular complexity index is 635. The van der Waals surface area contributed by atoms with Gasteiger partial charge in [-0.25, -0.2) is 0 Å². The third-order valence-corrected chi connectivity index (χ3v) is 5.86. The van der Waals surface area contributed by atoms with Crippen LogP contribution < -0.4 is 5.32 Å². The number of hydrogen-bond acceptors (Lipinski definition) is 2. The Balaban J connectivity index is 1.60. The first-order valence-corrected chi connectivity index (χ1v) is 9.75. The van der Waals surface area contributed by atoms with Crippen LogP contribution in [-0.4, -0.2) is 29.8 Å². The van der Waals surface area contributed by atoms with Gasteiger partial charge >= 0.3 is 11.8 Å². The van der Waals surface area contributed by atoms with Gasteiger partial charge in [0.05, 0.1) is 6.04 Å². The maximum Gasteiger partial charge on any atom is 0.311 e. The molecule has 1 N–H and O–H groups in total. The van der Waals surface area contributed by atoms with Crippen LogP contribution in [-0.2, 0) is 22.4 Å². The van der Waals surface area contributed by atoms with Crippen molar-refractivity contribution < 1.29 is 9.59 Å². The van der Waals surface area contributed by atoms with Crippen molar-refractivity contribution in [1.29, 1.82) is 0 Å². The fraction of sp³-hybridized carbons (Fsp3) is 0.619. The van der Waals surface area contributed by atoms with Crippen LogP contribution in [0, 0.1) is 0 Å². The summed E-state index contributed by atoms with van der Waals surface area (Å²) in [6.07, 6.45) is 10.3. The molecule has 1 fully saturated rings. The Hall–Kier alpha value is -1.84. The highest BCUT2D eigenvalue weighted by molar-refractivity contribution is 6.35. The average molecular weight is 342 g/mol. The SMILES string of the molecule is CC(NC(=O)C(=O)N(C)C1CCCCC1)c1ccc2c(c1)CCCC2. The number of nitrogens with one attached hydrogen (secondary N) is 1. The van der Waals surface area contributed by atoms with Crippen LogP contribution >= 0.6 is 0 Å². The highest BCUT2D eigenvalue weighted by Crippen LogP contribution is 2.25. The number of rotatable bonds is 3. The smallest absolute Gasteiger partial charge is 0.311 e. The van der Waals surface area contributed by atoms with E-state index in [1.807, 2.05) is 6.92 Å². The van der Waals surface area contributed by atoms with Gasteiger partial charge in [-0.3, -0.25) is 9.59 Å². The van der Waals surface area contributed by atoms with Gasteiger partial charge in [-0.1, -0.05) is 37.5 Å². The summed E-state index contributed by atoms with van der Waals surface area (Å²) in [4.78, 5) is 26.5. The van der Waals surface area contributed by atoms with Crippen LogP contribution in [0.3, 0.4) is 0 Å². The minimum atomic E-state index is -0.488. The Morgan fingerprint density at radius 3 is 2.44 bits per heavy atom. The highest BCUT2D eigenvalue weighted by Gasteiger charge is 2.27. The number of amides is 2. The fourth-order valence-electron chi connectivity index (χ4n) is 4.16. The molecule has 0 aliphatic heterocycles. The maximum absolute atomic E-state index is 12.5. The van der Waals surface area contributed by atoms with Crippen molar-refractivity contribution >= 4 is 11.8 Å². The molecule has 1 aromatic carbocycles. The van der Waals surface area contributed by atoms with Gasteiger partial charge in [-0.15, -0.1) is 0 Å². The van der Waals surface area contributed by atoms with E-state index in [-0.39, 0.29) is 12.1 Å². The summed E-state index contributed by atoms with van der Waals surface area (Å²) < 4.78 is 0. The molecule has 2 aliphatic carbocycles. The Morgan fingerprint density at radius 1 is 1.04 bits per heavy atom. The number of nitrogens with zero attached hydrogens (tertiary/aromatic N) is 1. The molecule has 0 bridgehead atoms. The molecule has 2 amide bonds. The summed E-state index contributed by atoms with van der Waals surface area (Å²) in [5.41, 5.74) is 3.92. The van der Waals surface area contributed by atoms with Gasteiger partial charge in [0, 0.05) is 13.1 Å². The number of carbonyl (C=O) groups excluding carboxylic acids is 2. The number of hydrogen-bond donors (Lipinski definition) is 1. The van der Waals surface area contributed by atoms with Crippen molar-refractivity contribution in [3.8, 4) is 0 Å². The summed E-state index contributed by atoms with van der Waals surface area (Å²) in [5.74, 6) is -0.894. The van der Waals surface area contributed by atoms with Crippen LogP contribution in [0.4, 0.5) is 0 Å². The van der Waals surface area contributed by atoms with Crippen molar-refractivity contribution in [3.05, 3.63) is 34.9 Å². The first-order valence-electron chi connectivity index (χ1n) is 9.75. The van der Waals surface area contributed by atoms with Gasteiger partial charge in [0.1, 0.15) is 0 Å². The van der Waals surface area contributed by atoms with Crippen molar-refractivity contribution in [3.63, 3.8) is 0 Å². The molecule has 136 valence electrons. The predicted molar refractivity (Wildman–Crippen MR) is 99.3 cm³/mol. The molecule has 4 nitrogen and oxygen atoms in total. The van der Waals surface area contributed by atoms with Crippen LogP contribution in [0.25, 0.3) is 0 Å². The maximum atomic E-state index is 12.5. The van der Waals surface area contributed by atoms with Crippen molar-refractivity contribution in [1.82, 2.24) is 10.2 Å². The third-order valence-electron chi connectivity index (χ3n) is 5.86. The van der Waals surface area contributed by atoms with E-state index in [0.29, 0.717) is 0 Å². The van der Waals surface area contributed by atoms with Gasteiger partial charge in [0.2, 0.25) is 0 Å². The van der Waals surface area contributed by atoms with Crippen molar-refractivity contribution in [2.24, 2.45) is 0 Å². The normalized spacial score (nSPS) is 19.0. The van der Waals surface area contributed by atoms with Crippen molar-refractivity contribution in [2.75, 3.05) is 7.05 Å². The Labute approximate surface area is 151 Å². The third kappa shape index (κ3) is 4.23. The van der Waals surface area contributed by atoms with Gasteiger partial charge in [-0.05, 0) is 62.1 Å². The van der Waals surface area contributed by atoms with E-state index < -0.39 is 11.8 Å². The van der Waals surface area contributed by atoms with E-state index >= 15 is 0 Å². The lowest BCUT2D eigenvalue weighted by Crippen LogP contribution is -2.46. The molecule has 0 aromatic heterocycles. The minimum Gasteiger partial charge on any atom is -0.341 e. The number of carbonyl (C=O) groups is 2. The lowest BCUT2D eigenvalue weighted by molar-refractivity contribution is -0.147. The second kappa shape index (κ2) is 8.03. The molecule has 0 spiro atoms. The molecule has 4 heteroatoms.